The van der Waals surface area contributed by atoms with Gasteiger partial charge < -0.3 is 11.1 Å². The average molecular weight is 243 g/mol. The third-order valence-corrected chi connectivity index (χ3v) is 3.45. The van der Waals surface area contributed by atoms with E-state index in [-0.39, 0.29) is 5.91 Å². The molecule has 4 nitrogen and oxygen atoms in total. The molecule has 0 radical (unpaired) electrons. The molecule has 1 fully saturated rings. The van der Waals surface area contributed by atoms with E-state index in [0.29, 0.717) is 11.3 Å². The van der Waals surface area contributed by atoms with Gasteiger partial charge in [0, 0.05) is 11.3 Å². The Morgan fingerprint density at radius 1 is 1.22 bits per heavy atom. The van der Waals surface area contributed by atoms with Crippen LogP contribution in [0.25, 0.3) is 0 Å². The fraction of sp³-hybridized carbons (Fsp3) is 0.429. The quantitative estimate of drug-likeness (QED) is 0.782. The van der Waals surface area contributed by atoms with Crippen LogP contribution in [0.15, 0.2) is 24.3 Å². The number of benzene rings is 1. The van der Waals surface area contributed by atoms with Crippen molar-refractivity contribution >= 4 is 11.6 Å². The van der Waals surface area contributed by atoms with Gasteiger partial charge in [-0.25, -0.2) is 0 Å². The van der Waals surface area contributed by atoms with Gasteiger partial charge in [-0.3, -0.25) is 4.79 Å². The molecule has 0 spiro atoms. The van der Waals surface area contributed by atoms with Gasteiger partial charge in [0.2, 0.25) is 0 Å². The number of carbonyl (C=O) groups excluding carboxylic acids is 1. The monoisotopic (exact) mass is 243 g/mol. The number of nitrogens with zero attached hydrogens (tertiary/aromatic N) is 1. The number of hydrogen-bond donors (Lipinski definition) is 2. The SMILES string of the molecule is N#CC1(NC(=O)c2ccc(N)cc2)CCCCC1. The second-order valence-corrected chi connectivity index (χ2v) is 4.83. The van der Waals surface area contributed by atoms with Gasteiger partial charge in [-0.05, 0) is 37.1 Å². The van der Waals surface area contributed by atoms with Gasteiger partial charge in [-0.2, -0.15) is 5.26 Å². The van der Waals surface area contributed by atoms with Crippen molar-refractivity contribution < 1.29 is 4.79 Å². The van der Waals surface area contributed by atoms with Crippen LogP contribution in [0, 0.1) is 11.3 Å². The van der Waals surface area contributed by atoms with Crippen LogP contribution < -0.4 is 11.1 Å². The molecule has 1 aliphatic carbocycles. The van der Waals surface area contributed by atoms with Crippen LogP contribution in [0.3, 0.4) is 0 Å². The summed E-state index contributed by atoms with van der Waals surface area (Å²) in [5.41, 5.74) is 6.07. The standard InChI is InChI=1S/C14H17N3O/c15-10-14(8-2-1-3-9-14)17-13(18)11-4-6-12(16)7-5-11/h4-7H,1-3,8-9,16H2,(H,17,18). The molecule has 0 bridgehead atoms. The van der Waals surface area contributed by atoms with Crippen molar-refractivity contribution in [3.63, 3.8) is 0 Å². The highest BCUT2D eigenvalue weighted by Crippen LogP contribution is 2.27. The molecule has 0 aromatic heterocycles. The molecule has 0 atom stereocenters. The zero-order valence-electron chi connectivity index (χ0n) is 10.3. The topological polar surface area (TPSA) is 78.9 Å². The van der Waals surface area contributed by atoms with Crippen LogP contribution in [-0.4, -0.2) is 11.4 Å². The van der Waals surface area contributed by atoms with Crippen molar-refractivity contribution in [2.24, 2.45) is 0 Å². The molecular weight excluding hydrogens is 226 g/mol. The lowest BCUT2D eigenvalue weighted by Crippen LogP contribution is -2.48. The molecule has 0 heterocycles. The second-order valence-electron chi connectivity index (χ2n) is 4.83. The molecule has 1 aromatic carbocycles. The summed E-state index contributed by atoms with van der Waals surface area (Å²) in [5.74, 6) is -0.196. The van der Waals surface area contributed by atoms with Gasteiger partial charge in [-0.15, -0.1) is 0 Å². The summed E-state index contributed by atoms with van der Waals surface area (Å²) in [6.07, 6.45) is 4.61. The van der Waals surface area contributed by atoms with E-state index in [1.54, 1.807) is 24.3 Å². The normalized spacial score (nSPS) is 17.7. The van der Waals surface area contributed by atoms with Crippen LogP contribution >= 0.6 is 0 Å². The smallest absolute Gasteiger partial charge is 0.252 e. The number of nitrogens with two attached hydrogens (primary N) is 1. The molecule has 1 aliphatic rings. The largest absolute Gasteiger partial charge is 0.399 e. The highest BCUT2D eigenvalue weighted by Gasteiger charge is 2.33. The van der Waals surface area contributed by atoms with Crippen LogP contribution in [0.5, 0.6) is 0 Å². The molecule has 1 aromatic rings. The molecular formula is C14H17N3O. The fourth-order valence-corrected chi connectivity index (χ4v) is 2.34. The summed E-state index contributed by atoms with van der Waals surface area (Å²) in [6.45, 7) is 0. The molecule has 0 aliphatic heterocycles. The third-order valence-electron chi connectivity index (χ3n) is 3.45. The lowest BCUT2D eigenvalue weighted by molar-refractivity contribution is 0.0902. The molecule has 0 unspecified atom stereocenters. The summed E-state index contributed by atoms with van der Waals surface area (Å²) in [4.78, 5) is 12.1. The maximum Gasteiger partial charge on any atom is 0.252 e. The maximum absolute atomic E-state index is 12.1. The predicted molar refractivity (Wildman–Crippen MR) is 69.7 cm³/mol. The number of carbonyl (C=O) groups is 1. The number of amides is 1. The first-order valence-electron chi connectivity index (χ1n) is 6.24. The van der Waals surface area contributed by atoms with E-state index in [1.165, 1.54) is 0 Å². The predicted octanol–water partition coefficient (Wildman–Crippen LogP) is 2.23. The number of nitrogen functional groups attached to an aromatic ring is 1. The summed E-state index contributed by atoms with van der Waals surface area (Å²) < 4.78 is 0. The zero-order chi connectivity index (χ0) is 13.0. The Morgan fingerprint density at radius 2 is 1.83 bits per heavy atom. The Balaban J connectivity index is 2.10. The lowest BCUT2D eigenvalue weighted by Gasteiger charge is -2.31. The Hall–Kier alpha value is -2.02. The minimum atomic E-state index is -0.684. The van der Waals surface area contributed by atoms with Crippen LogP contribution in [0.2, 0.25) is 0 Å². The van der Waals surface area contributed by atoms with Crippen molar-refractivity contribution in [2.75, 3.05) is 5.73 Å². The second kappa shape index (κ2) is 5.09. The van der Waals surface area contributed by atoms with Gasteiger partial charge in [0.15, 0.2) is 0 Å². The van der Waals surface area contributed by atoms with Crippen molar-refractivity contribution in [2.45, 2.75) is 37.6 Å². The van der Waals surface area contributed by atoms with Gasteiger partial charge in [0.25, 0.3) is 5.91 Å². The molecule has 3 N–H and O–H groups in total. The molecule has 2 rings (SSSR count). The van der Waals surface area contributed by atoms with Crippen molar-refractivity contribution in [1.29, 1.82) is 5.26 Å². The maximum atomic E-state index is 12.1. The van der Waals surface area contributed by atoms with E-state index in [0.717, 1.165) is 32.1 Å². The highest BCUT2D eigenvalue weighted by molar-refractivity contribution is 5.95. The summed E-state index contributed by atoms with van der Waals surface area (Å²) in [5, 5.41) is 12.2. The molecule has 1 saturated carbocycles. The molecule has 0 saturated heterocycles. The van der Waals surface area contributed by atoms with Crippen molar-refractivity contribution in [3.05, 3.63) is 29.8 Å². The molecule has 1 amide bonds. The van der Waals surface area contributed by atoms with E-state index < -0.39 is 5.54 Å². The highest BCUT2D eigenvalue weighted by atomic mass is 16.1. The van der Waals surface area contributed by atoms with Gasteiger partial charge in [-0.1, -0.05) is 19.3 Å². The number of anilines is 1. The first-order valence-corrected chi connectivity index (χ1v) is 6.24. The number of hydrogen-bond acceptors (Lipinski definition) is 3. The summed E-state index contributed by atoms with van der Waals surface area (Å²) >= 11 is 0. The fourth-order valence-electron chi connectivity index (χ4n) is 2.34. The average Bonchev–Trinajstić information content (AvgIpc) is 2.40. The van der Waals surface area contributed by atoms with Gasteiger partial charge in [0.1, 0.15) is 5.54 Å². The minimum Gasteiger partial charge on any atom is -0.399 e. The lowest BCUT2D eigenvalue weighted by atomic mass is 9.82. The van der Waals surface area contributed by atoms with E-state index >= 15 is 0 Å². The Kier molecular flexibility index (Phi) is 3.52. The summed E-state index contributed by atoms with van der Waals surface area (Å²) in [6, 6.07) is 9.01. The van der Waals surface area contributed by atoms with Crippen LogP contribution in [0.1, 0.15) is 42.5 Å². The Morgan fingerprint density at radius 3 is 2.39 bits per heavy atom. The minimum absolute atomic E-state index is 0.196. The zero-order valence-corrected chi connectivity index (χ0v) is 10.3. The summed E-state index contributed by atoms with van der Waals surface area (Å²) in [7, 11) is 0. The first-order chi connectivity index (χ1) is 8.65. The van der Waals surface area contributed by atoms with Crippen molar-refractivity contribution in [1.82, 2.24) is 5.32 Å². The number of nitrogens with one attached hydrogen (secondary N) is 1. The van der Waals surface area contributed by atoms with E-state index in [9.17, 15) is 10.1 Å². The van der Waals surface area contributed by atoms with Gasteiger partial charge >= 0.3 is 0 Å². The third kappa shape index (κ3) is 2.62. The first kappa shape index (κ1) is 12.4. The van der Waals surface area contributed by atoms with E-state index in [4.69, 9.17) is 5.73 Å². The molecule has 4 heteroatoms. The van der Waals surface area contributed by atoms with Crippen LogP contribution in [-0.2, 0) is 0 Å². The molecule has 94 valence electrons. The number of rotatable bonds is 2. The molecule has 18 heavy (non-hydrogen) atoms. The number of nitriles is 1. The van der Waals surface area contributed by atoms with Crippen LogP contribution in [0.4, 0.5) is 5.69 Å². The van der Waals surface area contributed by atoms with Crippen molar-refractivity contribution in [3.8, 4) is 6.07 Å². The Bertz CT molecular complexity index is 467. The Labute approximate surface area is 107 Å². The van der Waals surface area contributed by atoms with E-state index in [1.807, 2.05) is 0 Å². The van der Waals surface area contributed by atoms with E-state index in [2.05, 4.69) is 11.4 Å². The van der Waals surface area contributed by atoms with Gasteiger partial charge in [0.05, 0.1) is 6.07 Å².